The van der Waals surface area contributed by atoms with Crippen LogP contribution in [-0.2, 0) is 15.9 Å². The minimum atomic E-state index is -3.59. The van der Waals surface area contributed by atoms with Crippen molar-refractivity contribution in [2.45, 2.75) is 17.7 Å². The highest BCUT2D eigenvalue weighted by Crippen LogP contribution is 2.31. The van der Waals surface area contributed by atoms with Crippen LogP contribution in [0.2, 0.25) is 10.0 Å². The summed E-state index contributed by atoms with van der Waals surface area (Å²) < 4.78 is 25.9. The van der Waals surface area contributed by atoms with Gasteiger partial charge in [-0.15, -0.1) is 11.6 Å². The second-order valence-electron chi connectivity index (χ2n) is 2.97. The third-order valence-corrected chi connectivity index (χ3v) is 4.66. The van der Waals surface area contributed by atoms with Crippen molar-refractivity contribution < 1.29 is 8.42 Å². The normalized spacial score (nSPS) is 11.8. The molecule has 1 aromatic rings. The number of halogens is 3. The van der Waals surface area contributed by atoms with Gasteiger partial charge in [-0.3, -0.25) is 0 Å². The van der Waals surface area contributed by atoms with E-state index in [1.165, 1.54) is 12.1 Å². The first kappa shape index (κ1) is 14.1. The first-order valence-electron chi connectivity index (χ1n) is 4.46. The van der Waals surface area contributed by atoms with Crippen molar-refractivity contribution in [3.8, 4) is 0 Å². The summed E-state index contributed by atoms with van der Waals surface area (Å²) in [5.41, 5.74) is 0.420. The second-order valence-corrected chi connectivity index (χ2v) is 5.76. The van der Waals surface area contributed by atoms with Crippen molar-refractivity contribution in [3.05, 3.63) is 27.7 Å². The molecule has 0 amide bonds. The number of hydrogen-bond donors (Lipinski definition) is 1. The maximum absolute atomic E-state index is 11.8. The molecule has 16 heavy (non-hydrogen) atoms. The summed E-state index contributed by atoms with van der Waals surface area (Å²) in [6.45, 7) is 1.97. The molecule has 1 aromatic carbocycles. The Balaban J connectivity index is 3.37. The van der Waals surface area contributed by atoms with Crippen molar-refractivity contribution in [2.75, 3.05) is 6.54 Å². The third-order valence-electron chi connectivity index (χ3n) is 1.91. The number of sulfonamides is 1. The van der Waals surface area contributed by atoms with Gasteiger partial charge in [-0.25, -0.2) is 13.1 Å². The largest absolute Gasteiger partial charge is 0.242 e. The third kappa shape index (κ3) is 2.81. The maximum atomic E-state index is 11.8. The van der Waals surface area contributed by atoms with Crippen LogP contribution in [0.4, 0.5) is 0 Å². The molecule has 7 heteroatoms. The maximum Gasteiger partial charge on any atom is 0.242 e. The summed E-state index contributed by atoms with van der Waals surface area (Å²) in [4.78, 5) is -0.00364. The van der Waals surface area contributed by atoms with Gasteiger partial charge >= 0.3 is 0 Å². The van der Waals surface area contributed by atoms with Crippen LogP contribution in [0.3, 0.4) is 0 Å². The van der Waals surface area contributed by atoms with E-state index in [0.29, 0.717) is 10.6 Å². The van der Waals surface area contributed by atoms with Gasteiger partial charge < -0.3 is 0 Å². The lowest BCUT2D eigenvalue weighted by molar-refractivity contribution is 0.584. The van der Waals surface area contributed by atoms with Gasteiger partial charge in [-0.05, 0) is 12.1 Å². The first-order chi connectivity index (χ1) is 7.44. The van der Waals surface area contributed by atoms with E-state index < -0.39 is 10.0 Å². The van der Waals surface area contributed by atoms with Crippen LogP contribution >= 0.6 is 34.8 Å². The van der Waals surface area contributed by atoms with Gasteiger partial charge in [0, 0.05) is 17.1 Å². The van der Waals surface area contributed by atoms with E-state index >= 15 is 0 Å². The SMILES string of the molecule is CCNS(=O)(=O)c1ccc(Cl)c(CCl)c1Cl. The molecule has 0 spiro atoms. The Kier molecular flexibility index (Phi) is 4.88. The Morgan fingerprint density at radius 2 is 1.94 bits per heavy atom. The average molecular weight is 303 g/mol. The monoisotopic (exact) mass is 301 g/mol. The number of benzene rings is 1. The highest BCUT2D eigenvalue weighted by atomic mass is 35.5. The molecule has 1 N–H and O–H groups in total. The average Bonchev–Trinajstić information content (AvgIpc) is 2.17. The molecule has 0 unspecified atom stereocenters. The lowest BCUT2D eigenvalue weighted by atomic mass is 10.2. The first-order valence-corrected chi connectivity index (χ1v) is 7.24. The van der Waals surface area contributed by atoms with Crippen molar-refractivity contribution in [1.29, 1.82) is 0 Å². The summed E-state index contributed by atoms with van der Waals surface area (Å²) in [6, 6.07) is 2.83. The lowest BCUT2D eigenvalue weighted by Gasteiger charge is -2.10. The number of hydrogen-bond acceptors (Lipinski definition) is 2. The lowest BCUT2D eigenvalue weighted by Crippen LogP contribution is -2.23. The second kappa shape index (κ2) is 5.56. The molecule has 90 valence electrons. The van der Waals surface area contributed by atoms with E-state index in [9.17, 15) is 8.42 Å². The van der Waals surface area contributed by atoms with Gasteiger partial charge in [0.25, 0.3) is 0 Å². The molecule has 0 aliphatic heterocycles. The Bertz CT molecular complexity index is 488. The van der Waals surface area contributed by atoms with Crippen LogP contribution < -0.4 is 4.72 Å². The van der Waals surface area contributed by atoms with Crippen LogP contribution in [0.1, 0.15) is 12.5 Å². The fourth-order valence-corrected chi connectivity index (χ4v) is 3.54. The minimum Gasteiger partial charge on any atom is -0.211 e. The molecule has 0 atom stereocenters. The number of rotatable bonds is 4. The van der Waals surface area contributed by atoms with E-state index in [1.807, 2.05) is 0 Å². The van der Waals surface area contributed by atoms with E-state index in [4.69, 9.17) is 34.8 Å². The standard InChI is InChI=1S/C9H10Cl3NO2S/c1-2-13-16(14,15)8-4-3-7(11)6(5-10)9(8)12/h3-4,13H,2,5H2,1H3. The predicted octanol–water partition coefficient (Wildman–Crippen LogP) is 3.03. The Morgan fingerprint density at radius 3 is 2.44 bits per heavy atom. The Labute approximate surface area is 110 Å². The fraction of sp³-hybridized carbons (Fsp3) is 0.333. The fourth-order valence-electron chi connectivity index (χ4n) is 1.17. The van der Waals surface area contributed by atoms with E-state index in [1.54, 1.807) is 6.92 Å². The molecular weight excluding hydrogens is 293 g/mol. The van der Waals surface area contributed by atoms with Crippen molar-refractivity contribution in [3.63, 3.8) is 0 Å². The van der Waals surface area contributed by atoms with Crippen molar-refractivity contribution in [1.82, 2.24) is 4.72 Å². The Hall–Kier alpha value is -0.000000000000000167. The van der Waals surface area contributed by atoms with Gasteiger partial charge in [-0.1, -0.05) is 30.1 Å². The van der Waals surface area contributed by atoms with Crippen LogP contribution in [0.25, 0.3) is 0 Å². The smallest absolute Gasteiger partial charge is 0.211 e. The van der Waals surface area contributed by atoms with Gasteiger partial charge in [0.2, 0.25) is 10.0 Å². The predicted molar refractivity (Wildman–Crippen MR) is 66.9 cm³/mol. The summed E-state index contributed by atoms with van der Waals surface area (Å²) in [5.74, 6) is 0.0627. The molecule has 0 aromatic heterocycles. The van der Waals surface area contributed by atoms with Gasteiger partial charge in [0.15, 0.2) is 0 Å². The summed E-state index contributed by atoms with van der Waals surface area (Å²) in [5, 5.41) is 0.430. The summed E-state index contributed by atoms with van der Waals surface area (Å²) in [7, 11) is -3.59. The topological polar surface area (TPSA) is 46.2 Å². The highest BCUT2D eigenvalue weighted by molar-refractivity contribution is 7.89. The van der Waals surface area contributed by atoms with E-state index in [2.05, 4.69) is 4.72 Å². The molecule has 1 rings (SSSR count). The summed E-state index contributed by atoms with van der Waals surface area (Å²) in [6.07, 6.45) is 0. The molecule has 0 saturated carbocycles. The zero-order valence-corrected chi connectivity index (χ0v) is 11.5. The molecule has 0 aliphatic carbocycles. The number of alkyl halides is 1. The van der Waals surface area contributed by atoms with E-state index in [0.717, 1.165) is 0 Å². The van der Waals surface area contributed by atoms with Crippen molar-refractivity contribution >= 4 is 44.8 Å². The quantitative estimate of drug-likeness (QED) is 0.869. The molecule has 0 radical (unpaired) electrons. The van der Waals surface area contributed by atoms with Crippen LogP contribution in [-0.4, -0.2) is 15.0 Å². The van der Waals surface area contributed by atoms with Gasteiger partial charge in [0.05, 0.1) is 10.9 Å². The van der Waals surface area contributed by atoms with Crippen LogP contribution in [0.5, 0.6) is 0 Å². The molecule has 0 aliphatic rings. The number of nitrogens with one attached hydrogen (secondary N) is 1. The minimum absolute atomic E-state index is 0.00364. The zero-order valence-electron chi connectivity index (χ0n) is 8.43. The molecule has 0 saturated heterocycles. The zero-order chi connectivity index (χ0) is 12.3. The highest BCUT2D eigenvalue weighted by Gasteiger charge is 2.20. The van der Waals surface area contributed by atoms with E-state index in [-0.39, 0.29) is 22.3 Å². The summed E-state index contributed by atoms with van der Waals surface area (Å²) >= 11 is 17.4. The van der Waals surface area contributed by atoms with Crippen LogP contribution in [0.15, 0.2) is 17.0 Å². The molecule has 0 heterocycles. The molecule has 0 bridgehead atoms. The molecular formula is C9H10Cl3NO2S. The molecule has 0 fully saturated rings. The van der Waals surface area contributed by atoms with Gasteiger partial charge in [0.1, 0.15) is 4.90 Å². The Morgan fingerprint density at radius 1 is 1.31 bits per heavy atom. The van der Waals surface area contributed by atoms with Gasteiger partial charge in [-0.2, -0.15) is 0 Å². The van der Waals surface area contributed by atoms with Crippen LogP contribution in [0, 0.1) is 0 Å². The van der Waals surface area contributed by atoms with Crippen molar-refractivity contribution in [2.24, 2.45) is 0 Å². The molecule has 3 nitrogen and oxygen atoms in total.